The molecule has 0 saturated carbocycles. The fourth-order valence-corrected chi connectivity index (χ4v) is 2.62. The molecule has 1 amide bonds. The van der Waals surface area contributed by atoms with E-state index in [0.29, 0.717) is 12.1 Å². The summed E-state index contributed by atoms with van der Waals surface area (Å²) in [4.78, 5) is 12.3. The first-order valence-corrected chi connectivity index (χ1v) is 7.90. The SMILES string of the molecule is COc1ccc(Br)cc1CNC(=O)c1ccc(-n2cnnn2)cc1. The molecule has 8 heteroatoms. The standard InChI is InChI=1S/C16H14BrN5O2/c1-24-15-7-4-13(17)8-12(15)9-18-16(23)11-2-5-14(6-3-11)22-10-19-20-21-22/h2-8,10H,9H2,1H3,(H,18,23). The zero-order valence-electron chi connectivity index (χ0n) is 12.8. The van der Waals surface area contributed by atoms with Crippen molar-refractivity contribution in [1.82, 2.24) is 25.5 Å². The van der Waals surface area contributed by atoms with E-state index in [4.69, 9.17) is 4.74 Å². The number of aromatic nitrogens is 4. The van der Waals surface area contributed by atoms with Gasteiger partial charge in [-0.2, -0.15) is 0 Å². The number of benzene rings is 2. The van der Waals surface area contributed by atoms with Crippen molar-refractivity contribution in [3.05, 3.63) is 64.4 Å². The van der Waals surface area contributed by atoms with Crippen LogP contribution in [0.2, 0.25) is 0 Å². The van der Waals surface area contributed by atoms with Crippen molar-refractivity contribution in [2.75, 3.05) is 7.11 Å². The molecule has 0 fully saturated rings. The van der Waals surface area contributed by atoms with Crippen LogP contribution >= 0.6 is 15.9 Å². The summed E-state index contributed by atoms with van der Waals surface area (Å²) in [5, 5.41) is 13.8. The smallest absolute Gasteiger partial charge is 0.251 e. The van der Waals surface area contributed by atoms with Gasteiger partial charge in [-0.3, -0.25) is 4.79 Å². The second-order valence-corrected chi connectivity index (χ2v) is 5.86. The van der Waals surface area contributed by atoms with Gasteiger partial charge in [-0.1, -0.05) is 15.9 Å². The monoisotopic (exact) mass is 387 g/mol. The maximum Gasteiger partial charge on any atom is 0.251 e. The van der Waals surface area contributed by atoms with Crippen molar-refractivity contribution in [3.63, 3.8) is 0 Å². The number of halogens is 1. The minimum atomic E-state index is -0.166. The molecule has 0 saturated heterocycles. The number of hydrogen-bond donors (Lipinski definition) is 1. The van der Waals surface area contributed by atoms with Crippen molar-refractivity contribution in [2.45, 2.75) is 6.54 Å². The maximum absolute atomic E-state index is 12.3. The van der Waals surface area contributed by atoms with Gasteiger partial charge in [0.1, 0.15) is 12.1 Å². The van der Waals surface area contributed by atoms with Crippen molar-refractivity contribution in [1.29, 1.82) is 0 Å². The van der Waals surface area contributed by atoms with Crippen LogP contribution in [-0.2, 0) is 6.54 Å². The third kappa shape index (κ3) is 3.60. The summed E-state index contributed by atoms with van der Waals surface area (Å²) in [6.45, 7) is 0.371. The number of carbonyl (C=O) groups excluding carboxylic acids is 1. The molecule has 0 aliphatic rings. The number of nitrogens with zero attached hydrogens (tertiary/aromatic N) is 4. The summed E-state index contributed by atoms with van der Waals surface area (Å²) in [6.07, 6.45) is 1.49. The first-order chi connectivity index (χ1) is 11.7. The number of tetrazole rings is 1. The number of nitrogens with one attached hydrogen (secondary N) is 1. The van der Waals surface area contributed by atoms with Crippen LogP contribution in [0, 0.1) is 0 Å². The number of carbonyl (C=O) groups is 1. The Bertz CT molecular complexity index is 834. The molecule has 1 heterocycles. The van der Waals surface area contributed by atoms with Crippen LogP contribution in [0.1, 0.15) is 15.9 Å². The van der Waals surface area contributed by atoms with E-state index in [1.165, 1.54) is 11.0 Å². The van der Waals surface area contributed by atoms with E-state index in [1.807, 2.05) is 18.2 Å². The quantitative estimate of drug-likeness (QED) is 0.726. The number of hydrogen-bond acceptors (Lipinski definition) is 5. The lowest BCUT2D eigenvalue weighted by Gasteiger charge is -2.10. The van der Waals surface area contributed by atoms with Gasteiger partial charge in [-0.05, 0) is 52.9 Å². The van der Waals surface area contributed by atoms with Gasteiger partial charge in [0, 0.05) is 22.1 Å². The molecule has 1 aromatic heterocycles. The zero-order chi connectivity index (χ0) is 16.9. The van der Waals surface area contributed by atoms with E-state index in [-0.39, 0.29) is 5.91 Å². The van der Waals surface area contributed by atoms with Crippen LogP contribution in [0.5, 0.6) is 5.75 Å². The molecule has 1 N–H and O–H groups in total. The highest BCUT2D eigenvalue weighted by Gasteiger charge is 2.09. The van der Waals surface area contributed by atoms with Crippen LogP contribution in [0.4, 0.5) is 0 Å². The lowest BCUT2D eigenvalue weighted by molar-refractivity contribution is 0.0950. The Morgan fingerprint density at radius 3 is 2.71 bits per heavy atom. The van der Waals surface area contributed by atoms with E-state index in [0.717, 1.165) is 21.5 Å². The topological polar surface area (TPSA) is 81.9 Å². The largest absolute Gasteiger partial charge is 0.496 e. The molecular weight excluding hydrogens is 374 g/mol. The van der Waals surface area contributed by atoms with Crippen LogP contribution in [0.15, 0.2) is 53.3 Å². The van der Waals surface area contributed by atoms with Gasteiger partial charge in [-0.25, -0.2) is 4.68 Å². The van der Waals surface area contributed by atoms with Crippen molar-refractivity contribution in [3.8, 4) is 11.4 Å². The number of rotatable bonds is 5. The average molecular weight is 388 g/mol. The van der Waals surface area contributed by atoms with E-state index in [2.05, 4.69) is 36.8 Å². The molecule has 7 nitrogen and oxygen atoms in total. The normalized spacial score (nSPS) is 10.4. The Hall–Kier alpha value is -2.74. The third-order valence-electron chi connectivity index (χ3n) is 3.42. The second kappa shape index (κ2) is 7.22. The lowest BCUT2D eigenvalue weighted by Crippen LogP contribution is -2.23. The number of ether oxygens (including phenoxy) is 1. The predicted octanol–water partition coefficient (Wildman–Crippen LogP) is 2.36. The molecule has 122 valence electrons. The molecule has 0 radical (unpaired) electrons. The molecular formula is C16H14BrN5O2. The molecule has 0 atom stereocenters. The summed E-state index contributed by atoms with van der Waals surface area (Å²) in [5.74, 6) is 0.563. The molecule has 3 aromatic rings. The van der Waals surface area contributed by atoms with E-state index in [9.17, 15) is 4.79 Å². The van der Waals surface area contributed by atoms with Crippen LogP contribution < -0.4 is 10.1 Å². The van der Waals surface area contributed by atoms with E-state index >= 15 is 0 Å². The van der Waals surface area contributed by atoms with Gasteiger partial charge in [0.2, 0.25) is 0 Å². The van der Waals surface area contributed by atoms with Gasteiger partial charge >= 0.3 is 0 Å². The first-order valence-electron chi connectivity index (χ1n) is 7.11. The van der Waals surface area contributed by atoms with Crippen LogP contribution in [0.3, 0.4) is 0 Å². The van der Waals surface area contributed by atoms with Crippen molar-refractivity contribution in [2.24, 2.45) is 0 Å². The maximum atomic E-state index is 12.3. The molecule has 0 unspecified atom stereocenters. The number of amides is 1. The summed E-state index contributed by atoms with van der Waals surface area (Å²) in [5.41, 5.74) is 2.23. The highest BCUT2D eigenvalue weighted by Crippen LogP contribution is 2.22. The molecule has 0 bridgehead atoms. The minimum Gasteiger partial charge on any atom is -0.496 e. The second-order valence-electron chi connectivity index (χ2n) is 4.94. The summed E-state index contributed by atoms with van der Waals surface area (Å²) in [7, 11) is 1.60. The molecule has 3 rings (SSSR count). The van der Waals surface area contributed by atoms with E-state index < -0.39 is 0 Å². The zero-order valence-corrected chi connectivity index (χ0v) is 14.4. The van der Waals surface area contributed by atoms with Gasteiger partial charge < -0.3 is 10.1 Å². The third-order valence-corrected chi connectivity index (χ3v) is 3.92. The fraction of sp³-hybridized carbons (Fsp3) is 0.125. The minimum absolute atomic E-state index is 0.166. The summed E-state index contributed by atoms with van der Waals surface area (Å²) < 4.78 is 7.75. The Labute approximate surface area is 146 Å². The Morgan fingerprint density at radius 2 is 2.04 bits per heavy atom. The van der Waals surface area contributed by atoms with Crippen LogP contribution in [-0.4, -0.2) is 33.2 Å². The predicted molar refractivity (Wildman–Crippen MR) is 91.0 cm³/mol. The highest BCUT2D eigenvalue weighted by molar-refractivity contribution is 9.10. The summed E-state index contributed by atoms with van der Waals surface area (Å²) >= 11 is 3.42. The molecule has 0 spiro atoms. The van der Waals surface area contributed by atoms with Crippen molar-refractivity contribution >= 4 is 21.8 Å². The Balaban J connectivity index is 1.68. The summed E-state index contributed by atoms with van der Waals surface area (Å²) in [6, 6.07) is 12.7. The highest BCUT2D eigenvalue weighted by atomic mass is 79.9. The lowest BCUT2D eigenvalue weighted by atomic mass is 10.1. The van der Waals surface area contributed by atoms with Gasteiger partial charge in [-0.15, -0.1) is 5.10 Å². The molecule has 2 aromatic carbocycles. The molecule has 0 aliphatic carbocycles. The average Bonchev–Trinajstić information content (AvgIpc) is 3.14. The fourth-order valence-electron chi connectivity index (χ4n) is 2.21. The number of methoxy groups -OCH3 is 1. The van der Waals surface area contributed by atoms with E-state index in [1.54, 1.807) is 31.4 Å². The first kappa shape index (κ1) is 16.1. The van der Waals surface area contributed by atoms with Gasteiger partial charge in [0.25, 0.3) is 5.91 Å². The Morgan fingerprint density at radius 1 is 1.25 bits per heavy atom. The Kier molecular flexibility index (Phi) is 4.85. The van der Waals surface area contributed by atoms with Crippen LogP contribution in [0.25, 0.3) is 5.69 Å². The van der Waals surface area contributed by atoms with Gasteiger partial charge in [0.05, 0.1) is 12.8 Å². The van der Waals surface area contributed by atoms with Crippen molar-refractivity contribution < 1.29 is 9.53 Å². The molecule has 0 aliphatic heterocycles. The van der Waals surface area contributed by atoms with Gasteiger partial charge in [0.15, 0.2) is 0 Å². The molecule has 24 heavy (non-hydrogen) atoms.